The molecule has 1 amide bonds. The number of carboxylic acids is 1. The predicted molar refractivity (Wildman–Crippen MR) is 69.3 cm³/mol. The SMILES string of the molecule is CC(C)c1nc(C(=O)NCc2cn(CC(=O)O)nn2)n[nH]1. The smallest absolute Gasteiger partial charge is 0.325 e. The molecule has 0 spiro atoms. The first-order valence-electron chi connectivity index (χ1n) is 6.27. The lowest BCUT2D eigenvalue weighted by molar-refractivity contribution is -0.137. The summed E-state index contributed by atoms with van der Waals surface area (Å²) in [7, 11) is 0. The maximum absolute atomic E-state index is 11.8. The summed E-state index contributed by atoms with van der Waals surface area (Å²) in [4.78, 5) is 26.4. The van der Waals surface area contributed by atoms with Gasteiger partial charge in [0.2, 0.25) is 5.82 Å². The zero-order valence-electron chi connectivity index (χ0n) is 11.6. The summed E-state index contributed by atoms with van der Waals surface area (Å²) in [6.07, 6.45) is 1.45. The van der Waals surface area contributed by atoms with Crippen LogP contribution in [0.25, 0.3) is 0 Å². The number of aromatic amines is 1. The van der Waals surface area contributed by atoms with Crippen molar-refractivity contribution in [3.63, 3.8) is 0 Å². The molecule has 0 aliphatic rings. The minimum Gasteiger partial charge on any atom is -0.480 e. The third-order valence-electron chi connectivity index (χ3n) is 2.57. The van der Waals surface area contributed by atoms with Gasteiger partial charge in [0.05, 0.1) is 12.7 Å². The van der Waals surface area contributed by atoms with Gasteiger partial charge in [0.15, 0.2) is 0 Å². The van der Waals surface area contributed by atoms with Gasteiger partial charge >= 0.3 is 5.97 Å². The summed E-state index contributed by atoms with van der Waals surface area (Å²) in [5.41, 5.74) is 0.448. The zero-order valence-corrected chi connectivity index (χ0v) is 11.6. The number of rotatable bonds is 6. The molecule has 0 aromatic carbocycles. The Kier molecular flexibility index (Phi) is 4.26. The molecule has 0 unspecified atom stereocenters. The van der Waals surface area contributed by atoms with Crippen LogP contribution in [0.15, 0.2) is 6.20 Å². The van der Waals surface area contributed by atoms with Crippen LogP contribution in [0.3, 0.4) is 0 Å². The number of carboxylic acid groups (broad SMARTS) is 1. The van der Waals surface area contributed by atoms with Gasteiger partial charge < -0.3 is 10.4 Å². The van der Waals surface area contributed by atoms with Crippen LogP contribution in [0.2, 0.25) is 0 Å². The van der Waals surface area contributed by atoms with Crippen molar-refractivity contribution in [1.29, 1.82) is 0 Å². The fourth-order valence-electron chi connectivity index (χ4n) is 1.52. The second-order valence-corrected chi connectivity index (χ2v) is 4.68. The minimum absolute atomic E-state index is 0.0524. The molecular formula is C11H15N7O3. The number of carbonyl (C=O) groups is 2. The number of amides is 1. The Bertz CT molecular complexity index is 646. The fourth-order valence-corrected chi connectivity index (χ4v) is 1.52. The van der Waals surface area contributed by atoms with Gasteiger partial charge in [-0.05, 0) is 0 Å². The molecule has 2 rings (SSSR count). The van der Waals surface area contributed by atoms with Crippen LogP contribution in [-0.2, 0) is 17.9 Å². The summed E-state index contributed by atoms with van der Waals surface area (Å²) < 4.78 is 1.17. The van der Waals surface area contributed by atoms with Gasteiger partial charge in [0, 0.05) is 5.92 Å². The largest absolute Gasteiger partial charge is 0.480 e. The molecule has 2 aromatic heterocycles. The van der Waals surface area contributed by atoms with E-state index >= 15 is 0 Å². The van der Waals surface area contributed by atoms with Crippen LogP contribution in [0.4, 0.5) is 0 Å². The van der Waals surface area contributed by atoms with E-state index in [0.29, 0.717) is 11.5 Å². The van der Waals surface area contributed by atoms with Crippen molar-refractivity contribution in [3.05, 3.63) is 23.5 Å². The normalized spacial score (nSPS) is 10.8. The van der Waals surface area contributed by atoms with Gasteiger partial charge in [-0.1, -0.05) is 19.1 Å². The first kappa shape index (κ1) is 14.6. The summed E-state index contributed by atoms with van der Waals surface area (Å²) in [5, 5.41) is 25.1. The van der Waals surface area contributed by atoms with E-state index in [4.69, 9.17) is 5.11 Å². The van der Waals surface area contributed by atoms with E-state index in [1.54, 1.807) is 0 Å². The van der Waals surface area contributed by atoms with Gasteiger partial charge in [-0.3, -0.25) is 14.7 Å². The highest BCUT2D eigenvalue weighted by Crippen LogP contribution is 2.07. The molecule has 0 fully saturated rings. The van der Waals surface area contributed by atoms with Crippen molar-refractivity contribution >= 4 is 11.9 Å². The Labute approximate surface area is 119 Å². The van der Waals surface area contributed by atoms with Crippen molar-refractivity contribution in [1.82, 2.24) is 35.5 Å². The van der Waals surface area contributed by atoms with E-state index in [0.717, 1.165) is 0 Å². The number of H-pyrrole nitrogens is 1. The van der Waals surface area contributed by atoms with Crippen LogP contribution in [0, 0.1) is 0 Å². The quantitative estimate of drug-likeness (QED) is 0.654. The Morgan fingerprint density at radius 1 is 1.48 bits per heavy atom. The molecule has 2 heterocycles. The second kappa shape index (κ2) is 6.11. The third kappa shape index (κ3) is 3.84. The minimum atomic E-state index is -1.02. The van der Waals surface area contributed by atoms with E-state index in [1.165, 1.54) is 10.9 Å². The van der Waals surface area contributed by atoms with Gasteiger partial charge in [-0.25, -0.2) is 9.67 Å². The average Bonchev–Trinajstić information content (AvgIpc) is 3.04. The van der Waals surface area contributed by atoms with Crippen LogP contribution in [0.5, 0.6) is 0 Å². The van der Waals surface area contributed by atoms with E-state index in [-0.39, 0.29) is 24.8 Å². The maximum Gasteiger partial charge on any atom is 0.325 e. The molecule has 3 N–H and O–H groups in total. The Balaban J connectivity index is 1.91. The molecule has 10 heteroatoms. The standard InChI is InChI=1S/C11H15N7O3/c1-6(2)9-13-10(16-15-9)11(21)12-3-7-4-18(17-14-7)5-8(19)20/h4,6H,3,5H2,1-2H3,(H,12,21)(H,19,20)(H,13,15,16). The lowest BCUT2D eigenvalue weighted by Crippen LogP contribution is -2.24. The monoisotopic (exact) mass is 293 g/mol. The molecule has 0 aliphatic heterocycles. The van der Waals surface area contributed by atoms with Crippen molar-refractivity contribution < 1.29 is 14.7 Å². The van der Waals surface area contributed by atoms with Crippen molar-refractivity contribution in [2.45, 2.75) is 32.9 Å². The van der Waals surface area contributed by atoms with Gasteiger partial charge in [0.1, 0.15) is 18.1 Å². The van der Waals surface area contributed by atoms with Crippen LogP contribution in [-0.4, -0.2) is 47.2 Å². The van der Waals surface area contributed by atoms with Crippen LogP contribution >= 0.6 is 0 Å². The van der Waals surface area contributed by atoms with E-state index < -0.39 is 11.9 Å². The Hall–Kier alpha value is -2.78. The van der Waals surface area contributed by atoms with Gasteiger partial charge in [0.25, 0.3) is 5.91 Å². The number of nitrogens with zero attached hydrogens (tertiary/aromatic N) is 5. The first-order chi connectivity index (χ1) is 9.95. The lowest BCUT2D eigenvalue weighted by atomic mass is 10.2. The average molecular weight is 293 g/mol. The molecule has 0 saturated carbocycles. The zero-order chi connectivity index (χ0) is 15.4. The molecule has 0 bridgehead atoms. The lowest BCUT2D eigenvalue weighted by Gasteiger charge is -1.98. The molecule has 2 aromatic rings. The molecule has 0 atom stereocenters. The van der Waals surface area contributed by atoms with E-state index in [1.807, 2.05) is 13.8 Å². The number of hydrogen-bond donors (Lipinski definition) is 3. The van der Waals surface area contributed by atoms with Crippen LogP contribution in [0.1, 0.15) is 41.9 Å². The van der Waals surface area contributed by atoms with Crippen molar-refractivity contribution in [2.75, 3.05) is 0 Å². The molecule has 21 heavy (non-hydrogen) atoms. The van der Waals surface area contributed by atoms with E-state index in [2.05, 4.69) is 30.8 Å². The molecule has 0 radical (unpaired) electrons. The second-order valence-electron chi connectivity index (χ2n) is 4.68. The molecule has 0 aliphatic carbocycles. The summed E-state index contributed by atoms with van der Waals surface area (Å²) >= 11 is 0. The summed E-state index contributed by atoms with van der Waals surface area (Å²) in [6, 6.07) is 0. The summed E-state index contributed by atoms with van der Waals surface area (Å²) in [5.74, 6) is -0.623. The highest BCUT2D eigenvalue weighted by Gasteiger charge is 2.14. The van der Waals surface area contributed by atoms with Gasteiger partial charge in [-0.15, -0.1) is 10.2 Å². The number of aromatic nitrogens is 6. The fraction of sp³-hybridized carbons (Fsp3) is 0.455. The molecule has 10 nitrogen and oxygen atoms in total. The number of aliphatic carboxylic acids is 1. The highest BCUT2D eigenvalue weighted by atomic mass is 16.4. The topological polar surface area (TPSA) is 139 Å². The van der Waals surface area contributed by atoms with Gasteiger partial charge in [-0.2, -0.15) is 0 Å². The number of nitrogens with one attached hydrogen (secondary N) is 2. The maximum atomic E-state index is 11.8. The Morgan fingerprint density at radius 2 is 2.24 bits per heavy atom. The summed E-state index contributed by atoms with van der Waals surface area (Å²) in [6.45, 7) is 3.70. The van der Waals surface area contributed by atoms with Crippen molar-refractivity contribution in [3.8, 4) is 0 Å². The predicted octanol–water partition coefficient (Wildman–Crippen LogP) is -0.466. The van der Waals surface area contributed by atoms with E-state index in [9.17, 15) is 9.59 Å². The Morgan fingerprint density at radius 3 is 2.86 bits per heavy atom. The number of carbonyl (C=O) groups excluding carboxylic acids is 1. The first-order valence-corrected chi connectivity index (χ1v) is 6.27. The third-order valence-corrected chi connectivity index (χ3v) is 2.57. The molecular weight excluding hydrogens is 278 g/mol. The van der Waals surface area contributed by atoms with Crippen LogP contribution < -0.4 is 5.32 Å². The highest BCUT2D eigenvalue weighted by molar-refractivity contribution is 5.90. The number of hydrogen-bond acceptors (Lipinski definition) is 6. The van der Waals surface area contributed by atoms with Crippen molar-refractivity contribution in [2.24, 2.45) is 0 Å². The molecule has 0 saturated heterocycles. The molecule has 112 valence electrons.